The predicted octanol–water partition coefficient (Wildman–Crippen LogP) is 1.06. The van der Waals surface area contributed by atoms with Gasteiger partial charge in [-0.25, -0.2) is 0 Å². The first-order chi connectivity index (χ1) is 9.29. The van der Waals surface area contributed by atoms with Gasteiger partial charge in [0, 0.05) is 17.6 Å². The second kappa shape index (κ2) is 5.30. The van der Waals surface area contributed by atoms with Crippen LogP contribution in [0.5, 0.6) is 0 Å². The predicted molar refractivity (Wildman–Crippen MR) is 74.5 cm³/mol. The highest BCUT2D eigenvalue weighted by Gasteiger charge is 2.32. The molecule has 5 nitrogen and oxygen atoms in total. The third-order valence-corrected chi connectivity index (χ3v) is 4.42. The summed E-state index contributed by atoms with van der Waals surface area (Å²) in [5.41, 5.74) is 1.13. The largest absolute Gasteiger partial charge is 0.467 e. The van der Waals surface area contributed by atoms with E-state index in [-0.39, 0.29) is 11.9 Å². The number of nitrogens with one attached hydrogen (secondary N) is 2. The molecule has 2 aliphatic heterocycles. The maximum atomic E-state index is 12.6. The fourth-order valence-electron chi connectivity index (χ4n) is 2.49. The number of rotatable bonds is 3. The summed E-state index contributed by atoms with van der Waals surface area (Å²) in [5.74, 6) is 1.75. The van der Waals surface area contributed by atoms with Crippen LogP contribution in [-0.4, -0.2) is 36.8 Å². The Morgan fingerprint density at radius 3 is 3.26 bits per heavy atom. The second-order valence-corrected chi connectivity index (χ2v) is 5.75. The summed E-state index contributed by atoms with van der Waals surface area (Å²) in [6.07, 6.45) is 4.51. The molecule has 3 heterocycles. The van der Waals surface area contributed by atoms with Crippen molar-refractivity contribution in [1.29, 1.82) is 0 Å². The van der Waals surface area contributed by atoms with Crippen LogP contribution in [0.1, 0.15) is 17.4 Å². The van der Waals surface area contributed by atoms with Crippen LogP contribution in [-0.2, 0) is 11.2 Å². The number of amides is 1. The average Bonchev–Trinajstić information content (AvgIpc) is 3.04. The fraction of sp³-hybridized carbons (Fsp3) is 0.462. The molecule has 2 aliphatic rings. The lowest BCUT2D eigenvalue weighted by atomic mass is 10.1. The fourth-order valence-corrected chi connectivity index (χ4v) is 3.26. The lowest BCUT2D eigenvalue weighted by molar-refractivity contribution is -0.133. The average molecular weight is 279 g/mol. The number of hydrogen-bond donors (Lipinski definition) is 2. The van der Waals surface area contributed by atoms with Gasteiger partial charge in [0.15, 0.2) is 0 Å². The van der Waals surface area contributed by atoms with Gasteiger partial charge in [-0.1, -0.05) is 0 Å². The van der Waals surface area contributed by atoms with Crippen LogP contribution in [0.15, 0.2) is 27.9 Å². The van der Waals surface area contributed by atoms with Gasteiger partial charge in [0.1, 0.15) is 11.8 Å². The molecule has 0 aromatic carbocycles. The van der Waals surface area contributed by atoms with Crippen molar-refractivity contribution in [3.8, 4) is 0 Å². The maximum absolute atomic E-state index is 12.6. The van der Waals surface area contributed by atoms with E-state index in [0.717, 1.165) is 30.2 Å². The van der Waals surface area contributed by atoms with Gasteiger partial charge in [-0.3, -0.25) is 4.79 Å². The van der Waals surface area contributed by atoms with Gasteiger partial charge < -0.3 is 20.0 Å². The highest BCUT2D eigenvalue weighted by atomic mass is 32.2. The minimum atomic E-state index is -0.368. The van der Waals surface area contributed by atoms with Gasteiger partial charge in [-0.2, -0.15) is 0 Å². The van der Waals surface area contributed by atoms with Gasteiger partial charge in [-0.05, 0) is 25.1 Å². The van der Waals surface area contributed by atoms with E-state index in [2.05, 4.69) is 10.6 Å². The molecule has 0 saturated carbocycles. The first-order valence-electron chi connectivity index (χ1n) is 6.37. The number of furan rings is 1. The van der Waals surface area contributed by atoms with Crippen LogP contribution < -0.4 is 10.6 Å². The molecule has 1 aromatic heterocycles. The number of fused-ring (bicyclic) bond motifs is 1. The molecule has 0 spiro atoms. The number of hydrogen-bond acceptors (Lipinski definition) is 5. The third kappa shape index (κ3) is 2.37. The van der Waals surface area contributed by atoms with E-state index in [1.54, 1.807) is 25.1 Å². The molecule has 1 aromatic rings. The van der Waals surface area contributed by atoms with Crippen molar-refractivity contribution in [2.24, 2.45) is 0 Å². The van der Waals surface area contributed by atoms with Crippen molar-refractivity contribution in [2.75, 3.05) is 26.0 Å². The minimum Gasteiger partial charge on any atom is -0.467 e. The molecule has 3 rings (SSSR count). The Hall–Kier alpha value is -1.40. The summed E-state index contributed by atoms with van der Waals surface area (Å²) in [4.78, 5) is 15.7. The Balaban J connectivity index is 1.81. The van der Waals surface area contributed by atoms with Crippen molar-refractivity contribution < 1.29 is 9.21 Å². The Bertz CT molecular complexity index is 512. The molecular formula is C13H17N3O2S. The van der Waals surface area contributed by atoms with Gasteiger partial charge in [-0.15, -0.1) is 11.8 Å². The summed E-state index contributed by atoms with van der Waals surface area (Å²) in [7, 11) is 1.80. The van der Waals surface area contributed by atoms with Gasteiger partial charge in [0.05, 0.1) is 18.7 Å². The molecule has 6 heteroatoms. The summed E-state index contributed by atoms with van der Waals surface area (Å²) in [6, 6.07) is 1.59. The minimum absolute atomic E-state index is 0.0876. The topological polar surface area (TPSA) is 57.5 Å². The lowest BCUT2D eigenvalue weighted by Crippen LogP contribution is -2.39. The van der Waals surface area contributed by atoms with Crippen LogP contribution in [0.2, 0.25) is 0 Å². The Morgan fingerprint density at radius 1 is 1.63 bits per heavy atom. The molecular weight excluding hydrogens is 262 g/mol. The van der Waals surface area contributed by atoms with Crippen LogP contribution in [0.4, 0.5) is 0 Å². The maximum Gasteiger partial charge on any atom is 0.247 e. The van der Waals surface area contributed by atoms with Crippen LogP contribution in [0, 0.1) is 0 Å². The number of carbonyl (C=O) groups excluding carboxylic acids is 1. The van der Waals surface area contributed by atoms with Crippen molar-refractivity contribution in [3.63, 3.8) is 0 Å². The molecule has 0 bridgehead atoms. The van der Waals surface area contributed by atoms with E-state index >= 15 is 0 Å². The van der Waals surface area contributed by atoms with Crippen LogP contribution >= 0.6 is 11.8 Å². The molecule has 102 valence electrons. The first kappa shape index (κ1) is 12.6. The normalized spacial score (nSPS) is 22.8. The molecule has 0 fully saturated rings. The molecule has 1 amide bonds. The van der Waals surface area contributed by atoms with E-state index in [9.17, 15) is 4.79 Å². The van der Waals surface area contributed by atoms with Gasteiger partial charge in [0.25, 0.3) is 0 Å². The first-order valence-corrected chi connectivity index (χ1v) is 7.35. The summed E-state index contributed by atoms with van der Waals surface area (Å²) in [5, 5.41) is 6.22. The zero-order valence-corrected chi connectivity index (χ0v) is 11.6. The molecule has 19 heavy (non-hydrogen) atoms. The number of thioether (sulfide) groups is 1. The Morgan fingerprint density at radius 2 is 2.53 bits per heavy atom. The summed E-state index contributed by atoms with van der Waals surface area (Å²) >= 11 is 1.75. The van der Waals surface area contributed by atoms with E-state index in [0.29, 0.717) is 6.54 Å². The third-order valence-electron chi connectivity index (χ3n) is 3.49. The van der Waals surface area contributed by atoms with Crippen LogP contribution in [0.3, 0.4) is 0 Å². The SMILES string of the molecule is CNC1C(=O)N(CC2=CNCS2)CCc2ccoc21. The Kier molecular flexibility index (Phi) is 3.52. The van der Waals surface area contributed by atoms with E-state index in [1.807, 2.05) is 17.2 Å². The quantitative estimate of drug-likeness (QED) is 0.866. The molecule has 2 N–H and O–H groups in total. The van der Waals surface area contributed by atoms with Crippen LogP contribution in [0.25, 0.3) is 0 Å². The molecule has 1 atom stereocenters. The van der Waals surface area contributed by atoms with Gasteiger partial charge >= 0.3 is 0 Å². The van der Waals surface area contributed by atoms with Crippen molar-refractivity contribution in [3.05, 3.63) is 34.8 Å². The number of likely N-dealkylation sites (N-methyl/N-ethyl adjacent to an activating group) is 1. The van der Waals surface area contributed by atoms with E-state index in [1.165, 1.54) is 4.91 Å². The molecule has 0 aliphatic carbocycles. The van der Waals surface area contributed by atoms with E-state index < -0.39 is 0 Å². The summed E-state index contributed by atoms with van der Waals surface area (Å²) < 4.78 is 5.49. The van der Waals surface area contributed by atoms with Crippen molar-refractivity contribution in [2.45, 2.75) is 12.5 Å². The zero-order valence-electron chi connectivity index (χ0n) is 10.8. The highest BCUT2D eigenvalue weighted by molar-refractivity contribution is 8.03. The van der Waals surface area contributed by atoms with Crippen molar-refractivity contribution >= 4 is 17.7 Å². The number of nitrogens with zero attached hydrogens (tertiary/aromatic N) is 1. The van der Waals surface area contributed by atoms with Gasteiger partial charge in [0.2, 0.25) is 5.91 Å². The monoisotopic (exact) mass is 279 g/mol. The smallest absolute Gasteiger partial charge is 0.247 e. The molecule has 0 saturated heterocycles. The number of carbonyl (C=O) groups is 1. The molecule has 1 unspecified atom stereocenters. The highest BCUT2D eigenvalue weighted by Crippen LogP contribution is 2.27. The lowest BCUT2D eigenvalue weighted by Gasteiger charge is -2.24. The standard InChI is InChI=1S/C13H17N3O2S/c1-14-11-12-9(3-5-18-12)2-4-16(13(11)17)7-10-6-15-8-19-10/h3,5-6,11,14-15H,2,4,7-8H2,1H3. The van der Waals surface area contributed by atoms with Crippen molar-refractivity contribution in [1.82, 2.24) is 15.5 Å². The Labute approximate surface area is 116 Å². The second-order valence-electron chi connectivity index (χ2n) is 4.65. The summed E-state index contributed by atoms with van der Waals surface area (Å²) in [6.45, 7) is 1.42. The zero-order chi connectivity index (χ0) is 13.2. The van der Waals surface area contributed by atoms with E-state index in [4.69, 9.17) is 4.42 Å². The molecule has 0 radical (unpaired) electrons.